The zero-order valence-corrected chi connectivity index (χ0v) is 23.0. The molecule has 2 unspecified atom stereocenters. The second kappa shape index (κ2) is 13.1. The van der Waals surface area contributed by atoms with Crippen LogP contribution in [0.1, 0.15) is 51.8 Å². The number of benzene rings is 2. The van der Waals surface area contributed by atoms with Gasteiger partial charge in [0.1, 0.15) is 23.4 Å². The Morgan fingerprint density at radius 3 is 2.11 bits per heavy atom. The fourth-order valence-corrected chi connectivity index (χ4v) is 3.83. The number of nitrogens with one attached hydrogen (secondary N) is 2. The summed E-state index contributed by atoms with van der Waals surface area (Å²) in [5.74, 6) is 2.28. The molecule has 3 amide bonds. The second-order valence-corrected chi connectivity index (χ2v) is 9.97. The number of terminal acetylenes is 1. The van der Waals surface area contributed by atoms with Crippen LogP contribution in [0, 0.1) is 12.3 Å². The molecule has 2 rings (SSSR count). The minimum Gasteiger partial charge on any atom is -0.497 e. The molecule has 0 aliphatic rings. The van der Waals surface area contributed by atoms with E-state index in [0.717, 1.165) is 0 Å². The average Bonchev–Trinajstić information content (AvgIpc) is 2.84. The van der Waals surface area contributed by atoms with Crippen LogP contribution in [0.4, 0.5) is 10.5 Å². The molecule has 2 aromatic rings. The molecule has 2 atom stereocenters. The van der Waals surface area contributed by atoms with Crippen LogP contribution in [-0.2, 0) is 14.3 Å². The van der Waals surface area contributed by atoms with Crippen LogP contribution in [0.25, 0.3) is 0 Å². The number of hydrogen-bond donors (Lipinski definition) is 3. The first-order chi connectivity index (χ1) is 17.4. The molecule has 0 aromatic heterocycles. The largest absolute Gasteiger partial charge is 0.497 e. The minimum atomic E-state index is -1.03. The van der Waals surface area contributed by atoms with Gasteiger partial charge in [0, 0.05) is 23.0 Å². The topological polar surface area (TPSA) is 97.0 Å². The van der Waals surface area contributed by atoms with E-state index in [1.807, 2.05) is 0 Å². The maximum Gasteiger partial charge on any atom is 0.408 e. The number of ether oxygens (including phenoxy) is 2. The quantitative estimate of drug-likeness (QED) is 0.333. The lowest BCUT2D eigenvalue weighted by molar-refractivity contribution is -0.142. The Morgan fingerprint density at radius 2 is 1.65 bits per heavy atom. The molecule has 37 heavy (non-hydrogen) atoms. The summed E-state index contributed by atoms with van der Waals surface area (Å²) in [6, 6.07) is 11.2. The Hall–Kier alpha value is -3.64. The van der Waals surface area contributed by atoms with Crippen LogP contribution < -0.4 is 15.4 Å². The van der Waals surface area contributed by atoms with Crippen molar-refractivity contribution in [3.8, 4) is 18.1 Å². The van der Waals surface area contributed by atoms with E-state index in [-0.39, 0.29) is 5.75 Å². The van der Waals surface area contributed by atoms with Crippen molar-refractivity contribution in [3.63, 3.8) is 0 Å². The number of methoxy groups -OCH3 is 1. The third-order valence-corrected chi connectivity index (χ3v) is 5.62. The van der Waals surface area contributed by atoms with Gasteiger partial charge in [0.2, 0.25) is 5.91 Å². The Morgan fingerprint density at radius 1 is 1.05 bits per heavy atom. The summed E-state index contributed by atoms with van der Waals surface area (Å²) < 4.78 is 10.5. The predicted molar refractivity (Wildman–Crippen MR) is 148 cm³/mol. The van der Waals surface area contributed by atoms with Crippen LogP contribution in [0.2, 0.25) is 0 Å². The molecular formula is C28H35N3O5S. The van der Waals surface area contributed by atoms with Crippen molar-refractivity contribution in [2.75, 3.05) is 18.2 Å². The van der Waals surface area contributed by atoms with E-state index in [1.54, 1.807) is 90.3 Å². The molecule has 0 spiro atoms. The van der Waals surface area contributed by atoms with Gasteiger partial charge in [-0.05, 0) is 76.6 Å². The number of amides is 3. The minimum absolute atomic E-state index is 0.00411. The average molecular weight is 526 g/mol. The molecule has 0 aliphatic heterocycles. The molecule has 0 fully saturated rings. The van der Waals surface area contributed by atoms with Gasteiger partial charge in [-0.1, -0.05) is 18.1 Å². The Labute approximate surface area is 224 Å². The molecule has 0 bridgehead atoms. The summed E-state index contributed by atoms with van der Waals surface area (Å²) in [6.45, 7) is 8.77. The van der Waals surface area contributed by atoms with Crippen LogP contribution in [0.5, 0.6) is 5.75 Å². The van der Waals surface area contributed by atoms with E-state index in [2.05, 4.69) is 29.2 Å². The van der Waals surface area contributed by atoms with E-state index in [4.69, 9.17) is 15.9 Å². The van der Waals surface area contributed by atoms with Gasteiger partial charge in [0.25, 0.3) is 5.91 Å². The van der Waals surface area contributed by atoms with Crippen molar-refractivity contribution < 1.29 is 23.9 Å². The van der Waals surface area contributed by atoms with E-state index in [1.165, 1.54) is 4.90 Å². The highest BCUT2D eigenvalue weighted by Crippen LogP contribution is 2.27. The number of thiol groups is 1. The summed E-state index contributed by atoms with van der Waals surface area (Å²) in [5.41, 5.74) is 0.985. The first-order valence-corrected chi connectivity index (χ1v) is 12.5. The molecule has 0 radical (unpaired) electrons. The van der Waals surface area contributed by atoms with Gasteiger partial charge in [0.05, 0.1) is 7.11 Å². The number of carbonyl (C=O) groups is 3. The molecular weight excluding hydrogens is 490 g/mol. The standard InChI is InChI=1S/C28H35N3O5S/c1-8-19-9-11-20(12-10-19)24(25(32)29-21-13-15-22(35-7)16-14-21)31(18(2)3)26(33)23(17-37)30-27(34)36-28(4,5)6/h1,9-16,18,23-24,37H,17H2,2-7H3,(H,29,32)(H,30,34). The first kappa shape index (κ1) is 29.6. The number of alkyl carbamates (subject to hydrolysis) is 1. The summed E-state index contributed by atoms with van der Waals surface area (Å²) in [7, 11) is 1.55. The molecule has 0 saturated heterocycles. The van der Waals surface area contributed by atoms with Gasteiger partial charge in [-0.25, -0.2) is 4.79 Å². The van der Waals surface area contributed by atoms with E-state index >= 15 is 0 Å². The maximum absolute atomic E-state index is 13.8. The number of rotatable bonds is 9. The van der Waals surface area contributed by atoms with Crippen LogP contribution in [-0.4, -0.2) is 53.4 Å². The highest BCUT2D eigenvalue weighted by Gasteiger charge is 2.37. The second-order valence-electron chi connectivity index (χ2n) is 9.61. The Bertz CT molecular complexity index is 1120. The maximum atomic E-state index is 13.8. The van der Waals surface area contributed by atoms with Crippen molar-refractivity contribution >= 4 is 36.2 Å². The van der Waals surface area contributed by atoms with Gasteiger partial charge >= 0.3 is 6.09 Å². The van der Waals surface area contributed by atoms with Crippen molar-refractivity contribution in [1.82, 2.24) is 10.2 Å². The van der Waals surface area contributed by atoms with Crippen molar-refractivity contribution in [2.24, 2.45) is 0 Å². The summed E-state index contributed by atoms with van der Waals surface area (Å²) in [6.07, 6.45) is 4.75. The highest BCUT2D eigenvalue weighted by molar-refractivity contribution is 7.80. The molecule has 0 heterocycles. The number of anilines is 1. The lowest BCUT2D eigenvalue weighted by atomic mass is 10.00. The van der Waals surface area contributed by atoms with Gasteiger partial charge in [-0.15, -0.1) is 6.42 Å². The molecule has 2 N–H and O–H groups in total. The molecule has 0 aliphatic carbocycles. The number of hydrogen-bond acceptors (Lipinski definition) is 6. The SMILES string of the molecule is C#Cc1ccc(C(C(=O)Nc2ccc(OC)cc2)N(C(=O)C(CS)NC(=O)OC(C)(C)C)C(C)C)cc1. The fraction of sp³-hybridized carbons (Fsp3) is 0.393. The normalized spacial score (nSPS) is 12.6. The predicted octanol–water partition coefficient (Wildman–Crippen LogP) is 4.42. The van der Waals surface area contributed by atoms with Gasteiger partial charge in [-0.2, -0.15) is 12.6 Å². The Kier molecular flexibility index (Phi) is 10.4. The van der Waals surface area contributed by atoms with Crippen molar-refractivity contribution in [2.45, 2.75) is 58.3 Å². The zero-order chi connectivity index (χ0) is 27.8. The van der Waals surface area contributed by atoms with Gasteiger partial charge in [0.15, 0.2) is 0 Å². The van der Waals surface area contributed by atoms with Crippen LogP contribution in [0.15, 0.2) is 48.5 Å². The van der Waals surface area contributed by atoms with Crippen molar-refractivity contribution in [3.05, 3.63) is 59.7 Å². The van der Waals surface area contributed by atoms with Gasteiger partial charge in [-0.3, -0.25) is 9.59 Å². The third-order valence-electron chi connectivity index (χ3n) is 5.26. The Balaban J connectivity index is 2.46. The molecule has 9 heteroatoms. The first-order valence-electron chi connectivity index (χ1n) is 11.8. The summed E-state index contributed by atoms with van der Waals surface area (Å²) in [4.78, 5) is 41.3. The van der Waals surface area contributed by atoms with Crippen molar-refractivity contribution in [1.29, 1.82) is 0 Å². The van der Waals surface area contributed by atoms with E-state index in [0.29, 0.717) is 22.6 Å². The molecule has 198 valence electrons. The lowest BCUT2D eigenvalue weighted by Gasteiger charge is -2.37. The fourth-order valence-electron chi connectivity index (χ4n) is 3.58. The number of nitrogens with zero attached hydrogens (tertiary/aromatic N) is 1. The number of carbonyl (C=O) groups excluding carboxylic acids is 3. The smallest absolute Gasteiger partial charge is 0.408 e. The van der Waals surface area contributed by atoms with Crippen LogP contribution in [0.3, 0.4) is 0 Å². The highest BCUT2D eigenvalue weighted by atomic mass is 32.1. The third kappa shape index (κ3) is 8.46. The lowest BCUT2D eigenvalue weighted by Crippen LogP contribution is -2.55. The molecule has 0 saturated carbocycles. The van der Waals surface area contributed by atoms with Gasteiger partial charge < -0.3 is 25.0 Å². The molecule has 8 nitrogen and oxygen atoms in total. The summed E-state index contributed by atoms with van der Waals surface area (Å²) >= 11 is 4.28. The van der Waals surface area contributed by atoms with E-state index in [9.17, 15) is 14.4 Å². The zero-order valence-electron chi connectivity index (χ0n) is 22.1. The molecule has 2 aromatic carbocycles. The summed E-state index contributed by atoms with van der Waals surface area (Å²) in [5, 5.41) is 5.46. The monoisotopic (exact) mass is 525 g/mol. The van der Waals surface area contributed by atoms with Crippen LogP contribution >= 0.6 is 12.6 Å². The van der Waals surface area contributed by atoms with E-state index < -0.39 is 41.6 Å².